The molecule has 1 aromatic carbocycles. The van der Waals surface area contributed by atoms with Gasteiger partial charge in [0.2, 0.25) is 0 Å². The van der Waals surface area contributed by atoms with Crippen molar-refractivity contribution in [3.05, 3.63) is 42.0 Å². The lowest BCUT2D eigenvalue weighted by molar-refractivity contribution is -0.872. The largest absolute Gasteiger partial charge is 1.00 e. The van der Waals surface area contributed by atoms with E-state index in [1.807, 2.05) is 6.07 Å². The zero-order chi connectivity index (χ0) is 14.9. The van der Waals surface area contributed by atoms with Gasteiger partial charge in [-0.3, -0.25) is 4.79 Å². The van der Waals surface area contributed by atoms with E-state index in [0.29, 0.717) is 11.7 Å². The Morgan fingerprint density at radius 3 is 2.55 bits per heavy atom. The molecule has 122 valence electrons. The first kappa shape index (κ1) is 18.9. The standard InChI is InChI=1S/C19H27NO.ClH/c1-20(15-8-11-17-9-4-2-5-10-17)16-14-19(21)18-12-6-3-7-13-18;/h2,4-5,8-11,18H,3,6-7,12-16H2,1H3;1H/b11-8+;. The Morgan fingerprint density at radius 1 is 1.18 bits per heavy atom. The fourth-order valence-corrected chi connectivity index (χ4v) is 3.03. The Labute approximate surface area is 141 Å². The number of hydrogen-bond acceptors (Lipinski definition) is 1. The molecule has 1 aliphatic carbocycles. The Morgan fingerprint density at radius 2 is 1.86 bits per heavy atom. The number of benzene rings is 1. The van der Waals surface area contributed by atoms with Crippen LogP contribution in [-0.4, -0.2) is 25.9 Å². The van der Waals surface area contributed by atoms with Gasteiger partial charge in [-0.1, -0.05) is 55.7 Å². The van der Waals surface area contributed by atoms with Gasteiger partial charge in [0, 0.05) is 5.92 Å². The van der Waals surface area contributed by atoms with Crippen LogP contribution in [0.25, 0.3) is 6.08 Å². The van der Waals surface area contributed by atoms with Gasteiger partial charge < -0.3 is 17.3 Å². The van der Waals surface area contributed by atoms with Gasteiger partial charge in [-0.2, -0.15) is 0 Å². The molecule has 1 fully saturated rings. The lowest BCUT2D eigenvalue weighted by atomic mass is 9.85. The maximum Gasteiger partial charge on any atom is 0.141 e. The number of nitrogens with one attached hydrogen (secondary N) is 1. The van der Waals surface area contributed by atoms with Gasteiger partial charge in [0.25, 0.3) is 0 Å². The van der Waals surface area contributed by atoms with Crippen molar-refractivity contribution >= 4 is 11.9 Å². The molecule has 0 aliphatic heterocycles. The minimum absolute atomic E-state index is 0. The van der Waals surface area contributed by atoms with Crippen LogP contribution in [0.5, 0.6) is 0 Å². The molecule has 0 spiro atoms. The van der Waals surface area contributed by atoms with Crippen molar-refractivity contribution in [2.45, 2.75) is 38.5 Å². The van der Waals surface area contributed by atoms with E-state index >= 15 is 0 Å². The van der Waals surface area contributed by atoms with Gasteiger partial charge in [-0.05, 0) is 24.5 Å². The molecule has 22 heavy (non-hydrogen) atoms. The molecule has 0 amide bonds. The van der Waals surface area contributed by atoms with Crippen molar-refractivity contribution in [1.82, 2.24) is 0 Å². The van der Waals surface area contributed by atoms with Crippen molar-refractivity contribution in [1.29, 1.82) is 0 Å². The van der Waals surface area contributed by atoms with Gasteiger partial charge >= 0.3 is 0 Å². The summed E-state index contributed by atoms with van der Waals surface area (Å²) in [7, 11) is 2.17. The average molecular weight is 322 g/mol. The summed E-state index contributed by atoms with van der Waals surface area (Å²) >= 11 is 0. The molecule has 3 heteroatoms. The van der Waals surface area contributed by atoms with Crippen LogP contribution in [0.4, 0.5) is 0 Å². The topological polar surface area (TPSA) is 21.5 Å². The number of quaternary nitrogens is 1. The number of carbonyl (C=O) groups excluding carboxylic acids is 1. The highest BCUT2D eigenvalue weighted by atomic mass is 35.5. The highest BCUT2D eigenvalue weighted by Gasteiger charge is 2.21. The molecule has 1 atom stereocenters. The summed E-state index contributed by atoms with van der Waals surface area (Å²) in [4.78, 5) is 13.6. The Hall–Kier alpha value is -1.12. The van der Waals surface area contributed by atoms with Gasteiger partial charge in [-0.15, -0.1) is 0 Å². The molecule has 1 unspecified atom stereocenters. The van der Waals surface area contributed by atoms with Crippen LogP contribution in [-0.2, 0) is 4.79 Å². The second-order valence-corrected chi connectivity index (χ2v) is 6.28. The first-order chi connectivity index (χ1) is 10.3. The molecule has 1 aliphatic rings. The molecule has 1 N–H and O–H groups in total. The third kappa shape index (κ3) is 6.76. The second kappa shape index (κ2) is 10.6. The molecule has 0 heterocycles. The quantitative estimate of drug-likeness (QED) is 0.735. The van der Waals surface area contributed by atoms with Crippen LogP contribution in [0, 0.1) is 5.92 Å². The third-order valence-electron chi connectivity index (χ3n) is 4.43. The van der Waals surface area contributed by atoms with Gasteiger partial charge in [0.05, 0.1) is 26.6 Å². The highest BCUT2D eigenvalue weighted by molar-refractivity contribution is 5.81. The third-order valence-corrected chi connectivity index (χ3v) is 4.43. The first-order valence-corrected chi connectivity index (χ1v) is 8.31. The predicted molar refractivity (Wildman–Crippen MR) is 88.3 cm³/mol. The van der Waals surface area contributed by atoms with Crippen LogP contribution in [0.3, 0.4) is 0 Å². The zero-order valence-electron chi connectivity index (χ0n) is 13.6. The van der Waals surface area contributed by atoms with Crippen LogP contribution in [0.1, 0.15) is 44.1 Å². The molecule has 2 rings (SSSR count). The van der Waals surface area contributed by atoms with E-state index in [9.17, 15) is 4.79 Å². The van der Waals surface area contributed by atoms with E-state index < -0.39 is 0 Å². The summed E-state index contributed by atoms with van der Waals surface area (Å²) in [5.74, 6) is 0.868. The Kier molecular flexibility index (Phi) is 9.10. The zero-order valence-corrected chi connectivity index (χ0v) is 14.3. The van der Waals surface area contributed by atoms with Crippen molar-refractivity contribution in [3.8, 4) is 0 Å². The molecule has 0 aromatic heterocycles. The van der Waals surface area contributed by atoms with Gasteiger partial charge in [0.1, 0.15) is 5.78 Å². The highest BCUT2D eigenvalue weighted by Crippen LogP contribution is 2.24. The molecule has 1 saturated carbocycles. The Bertz CT molecular complexity index is 452. The maximum atomic E-state index is 12.2. The van der Waals surface area contributed by atoms with E-state index in [4.69, 9.17) is 0 Å². The summed E-state index contributed by atoms with van der Waals surface area (Å²) < 4.78 is 0. The summed E-state index contributed by atoms with van der Waals surface area (Å²) in [6, 6.07) is 10.4. The number of halogens is 1. The Balaban J connectivity index is 0.00000242. The fraction of sp³-hybridized carbons (Fsp3) is 0.526. The van der Waals surface area contributed by atoms with E-state index in [1.54, 1.807) is 0 Å². The lowest BCUT2D eigenvalue weighted by Gasteiger charge is -2.20. The van der Waals surface area contributed by atoms with Crippen molar-refractivity contribution in [3.63, 3.8) is 0 Å². The minimum Gasteiger partial charge on any atom is -1.00 e. The SMILES string of the molecule is C[NH+](C/C=C/c1ccccc1)CCC(=O)C1CCCCC1.[Cl-]. The summed E-state index contributed by atoms with van der Waals surface area (Å²) in [6.45, 7) is 1.93. The number of hydrogen-bond donors (Lipinski definition) is 1. The average Bonchev–Trinajstić information content (AvgIpc) is 2.54. The summed E-state index contributed by atoms with van der Waals surface area (Å²) in [6.07, 6.45) is 11.2. The molecule has 0 saturated heterocycles. The van der Waals surface area contributed by atoms with Crippen molar-refractivity contribution in [2.75, 3.05) is 20.1 Å². The summed E-state index contributed by atoms with van der Waals surface area (Å²) in [5.41, 5.74) is 1.24. The van der Waals surface area contributed by atoms with Crippen molar-refractivity contribution in [2.24, 2.45) is 5.92 Å². The second-order valence-electron chi connectivity index (χ2n) is 6.28. The van der Waals surface area contributed by atoms with Crippen LogP contribution in [0.2, 0.25) is 0 Å². The van der Waals surface area contributed by atoms with E-state index in [1.165, 1.54) is 29.7 Å². The van der Waals surface area contributed by atoms with E-state index in [0.717, 1.165) is 32.4 Å². The molecule has 2 nitrogen and oxygen atoms in total. The molecular formula is C19H28ClNO. The van der Waals surface area contributed by atoms with Crippen LogP contribution >= 0.6 is 0 Å². The number of rotatable bonds is 7. The van der Waals surface area contributed by atoms with Gasteiger partial charge in [0.15, 0.2) is 0 Å². The molecule has 1 aromatic rings. The van der Waals surface area contributed by atoms with Crippen molar-refractivity contribution < 1.29 is 22.1 Å². The molecule has 0 bridgehead atoms. The number of ketones is 1. The molecular weight excluding hydrogens is 294 g/mol. The molecule has 0 radical (unpaired) electrons. The summed E-state index contributed by atoms with van der Waals surface area (Å²) in [5, 5.41) is 0. The number of carbonyl (C=O) groups is 1. The van der Waals surface area contributed by atoms with Gasteiger partial charge in [-0.25, -0.2) is 0 Å². The number of likely N-dealkylation sites (N-methyl/N-ethyl adjacent to an activating group) is 1. The smallest absolute Gasteiger partial charge is 0.141 e. The normalized spacial score (nSPS) is 17.1. The van der Waals surface area contributed by atoms with E-state index in [2.05, 4.69) is 43.5 Å². The van der Waals surface area contributed by atoms with E-state index in [-0.39, 0.29) is 12.4 Å². The first-order valence-electron chi connectivity index (χ1n) is 8.31. The maximum absolute atomic E-state index is 12.2. The van der Waals surface area contributed by atoms with Crippen LogP contribution < -0.4 is 17.3 Å². The lowest BCUT2D eigenvalue weighted by Crippen LogP contribution is -3.08. The van der Waals surface area contributed by atoms with Crippen LogP contribution in [0.15, 0.2) is 36.4 Å². The minimum atomic E-state index is 0. The predicted octanol–water partition coefficient (Wildman–Crippen LogP) is -0.242. The fourth-order valence-electron chi connectivity index (χ4n) is 3.03. The number of Topliss-reactive ketones (excluding diaryl/α,β-unsaturated/α-hetero) is 1. The monoisotopic (exact) mass is 321 g/mol.